The molecule has 0 spiro atoms. The van der Waals surface area contributed by atoms with Crippen molar-refractivity contribution in [3.8, 4) is 5.75 Å². The van der Waals surface area contributed by atoms with E-state index in [9.17, 15) is 0 Å². The molecule has 0 fully saturated rings. The summed E-state index contributed by atoms with van der Waals surface area (Å²) in [6.45, 7) is 7.80. The first-order chi connectivity index (χ1) is 10.2. The highest BCUT2D eigenvalue weighted by atomic mass is 16.5. The molecule has 0 aliphatic rings. The van der Waals surface area contributed by atoms with Gasteiger partial charge in [-0.05, 0) is 32.4 Å². The fraction of sp³-hybridized carbons (Fsp3) is 0.375. The highest BCUT2D eigenvalue weighted by Crippen LogP contribution is 2.36. The van der Waals surface area contributed by atoms with Crippen LogP contribution in [0, 0.1) is 6.92 Å². The highest BCUT2D eigenvalue weighted by Gasteiger charge is 2.19. The topological polar surface area (TPSA) is 50.3 Å². The van der Waals surface area contributed by atoms with Crippen molar-refractivity contribution >= 4 is 17.3 Å². The van der Waals surface area contributed by atoms with Crippen molar-refractivity contribution in [1.82, 2.24) is 9.97 Å². The van der Waals surface area contributed by atoms with Crippen LogP contribution in [0.25, 0.3) is 0 Å². The van der Waals surface area contributed by atoms with Crippen LogP contribution in [0.1, 0.15) is 19.4 Å². The molecule has 1 aromatic heterocycles. The number of rotatable bonds is 6. The third-order valence-corrected chi connectivity index (χ3v) is 3.31. The molecule has 5 heteroatoms. The number of anilines is 3. The van der Waals surface area contributed by atoms with Gasteiger partial charge in [-0.2, -0.15) is 0 Å². The molecule has 0 atom stereocenters. The van der Waals surface area contributed by atoms with E-state index in [0.29, 0.717) is 5.75 Å². The first kappa shape index (κ1) is 15.1. The number of methoxy groups -OCH3 is 1. The first-order valence-electron chi connectivity index (χ1n) is 7.18. The molecule has 0 aliphatic heterocycles. The average molecular weight is 286 g/mol. The van der Waals surface area contributed by atoms with Gasteiger partial charge in [-0.3, -0.25) is 0 Å². The monoisotopic (exact) mass is 286 g/mol. The van der Waals surface area contributed by atoms with Crippen LogP contribution in [0.4, 0.5) is 17.3 Å². The lowest BCUT2D eigenvalue weighted by molar-refractivity contribution is 0.413. The summed E-state index contributed by atoms with van der Waals surface area (Å²) in [5.41, 5.74) is 2.32. The van der Waals surface area contributed by atoms with Crippen LogP contribution in [-0.2, 0) is 0 Å². The number of ether oxygens (including phenoxy) is 1. The van der Waals surface area contributed by atoms with E-state index >= 15 is 0 Å². The lowest BCUT2D eigenvalue weighted by atomic mass is 10.2. The number of aromatic nitrogens is 2. The quantitative estimate of drug-likeness (QED) is 0.882. The van der Waals surface area contributed by atoms with Crippen LogP contribution >= 0.6 is 0 Å². The molecule has 0 unspecified atom stereocenters. The number of hydrogen-bond donors (Lipinski definition) is 1. The third kappa shape index (κ3) is 3.07. The molecule has 2 aromatic rings. The maximum absolute atomic E-state index is 5.54. The fourth-order valence-corrected chi connectivity index (χ4v) is 2.34. The van der Waals surface area contributed by atoms with Gasteiger partial charge in [-0.1, -0.05) is 18.2 Å². The minimum absolute atomic E-state index is 0.671. The standard InChI is InChI=1S/C16H22N4O/c1-5-17-15-14(21-4)16(19-11-18-15)20(6-2)13-10-8-7-9-12(13)3/h7-11H,5-6H2,1-4H3,(H,17,18,19). The smallest absolute Gasteiger partial charge is 0.204 e. The summed E-state index contributed by atoms with van der Waals surface area (Å²) >= 11 is 0. The Labute approximate surface area is 126 Å². The van der Waals surface area contributed by atoms with Gasteiger partial charge in [0.25, 0.3) is 0 Å². The summed E-state index contributed by atoms with van der Waals surface area (Å²) in [6, 6.07) is 8.25. The summed E-state index contributed by atoms with van der Waals surface area (Å²) in [4.78, 5) is 10.8. The molecule has 2 rings (SSSR count). The number of aryl methyl sites for hydroxylation is 1. The fourth-order valence-electron chi connectivity index (χ4n) is 2.34. The zero-order valence-electron chi connectivity index (χ0n) is 13.1. The Morgan fingerprint density at radius 3 is 2.57 bits per heavy atom. The lowest BCUT2D eigenvalue weighted by Crippen LogP contribution is -2.20. The maximum atomic E-state index is 5.54. The van der Waals surface area contributed by atoms with Gasteiger partial charge in [0.05, 0.1) is 7.11 Å². The lowest BCUT2D eigenvalue weighted by Gasteiger charge is -2.26. The normalized spacial score (nSPS) is 10.3. The van der Waals surface area contributed by atoms with Crippen LogP contribution < -0.4 is 15.0 Å². The van der Waals surface area contributed by atoms with Crippen molar-refractivity contribution in [3.05, 3.63) is 36.2 Å². The second-order valence-corrected chi connectivity index (χ2v) is 4.64. The molecule has 5 nitrogen and oxygen atoms in total. The molecule has 1 aromatic carbocycles. The van der Waals surface area contributed by atoms with Gasteiger partial charge in [0.2, 0.25) is 5.75 Å². The van der Waals surface area contributed by atoms with Gasteiger partial charge < -0.3 is 15.0 Å². The minimum atomic E-state index is 0.671. The summed E-state index contributed by atoms with van der Waals surface area (Å²) in [6.07, 6.45) is 1.57. The number of benzene rings is 1. The first-order valence-corrected chi connectivity index (χ1v) is 7.18. The van der Waals surface area contributed by atoms with Gasteiger partial charge >= 0.3 is 0 Å². The van der Waals surface area contributed by atoms with Crippen molar-refractivity contribution in [2.75, 3.05) is 30.4 Å². The Hall–Kier alpha value is -2.30. The van der Waals surface area contributed by atoms with Gasteiger partial charge in [0.15, 0.2) is 11.6 Å². The summed E-state index contributed by atoms with van der Waals surface area (Å²) in [7, 11) is 1.65. The van der Waals surface area contributed by atoms with Crippen molar-refractivity contribution in [2.45, 2.75) is 20.8 Å². The van der Waals surface area contributed by atoms with Crippen molar-refractivity contribution in [3.63, 3.8) is 0 Å². The van der Waals surface area contributed by atoms with Crippen molar-refractivity contribution < 1.29 is 4.74 Å². The molecule has 112 valence electrons. The molecule has 0 saturated carbocycles. The zero-order valence-corrected chi connectivity index (χ0v) is 13.1. The van der Waals surface area contributed by atoms with Crippen LogP contribution in [0.15, 0.2) is 30.6 Å². The van der Waals surface area contributed by atoms with E-state index in [2.05, 4.69) is 46.2 Å². The second-order valence-electron chi connectivity index (χ2n) is 4.64. The van der Waals surface area contributed by atoms with E-state index < -0.39 is 0 Å². The van der Waals surface area contributed by atoms with Gasteiger partial charge in [0.1, 0.15) is 6.33 Å². The highest BCUT2D eigenvalue weighted by molar-refractivity contribution is 5.72. The number of nitrogens with one attached hydrogen (secondary N) is 1. The summed E-state index contributed by atoms with van der Waals surface area (Å²) in [5, 5.41) is 3.21. The Bertz CT molecular complexity index is 601. The van der Waals surface area contributed by atoms with Gasteiger partial charge in [0, 0.05) is 18.8 Å². The molecule has 0 saturated heterocycles. The van der Waals surface area contributed by atoms with Gasteiger partial charge in [-0.15, -0.1) is 0 Å². The molecule has 1 heterocycles. The SMILES string of the molecule is CCNc1ncnc(N(CC)c2ccccc2C)c1OC. The maximum Gasteiger partial charge on any atom is 0.204 e. The van der Waals surface area contributed by atoms with Crippen molar-refractivity contribution in [1.29, 1.82) is 0 Å². The Morgan fingerprint density at radius 1 is 1.19 bits per heavy atom. The van der Waals surface area contributed by atoms with Crippen LogP contribution in [-0.4, -0.2) is 30.2 Å². The van der Waals surface area contributed by atoms with E-state index in [0.717, 1.165) is 30.4 Å². The predicted molar refractivity (Wildman–Crippen MR) is 86.6 cm³/mol. The van der Waals surface area contributed by atoms with Crippen molar-refractivity contribution in [2.24, 2.45) is 0 Å². The molecule has 0 aliphatic carbocycles. The molecular formula is C16H22N4O. The second kappa shape index (κ2) is 6.92. The molecule has 0 amide bonds. The molecular weight excluding hydrogens is 264 g/mol. The van der Waals surface area contributed by atoms with E-state index in [1.165, 1.54) is 5.56 Å². The van der Waals surface area contributed by atoms with E-state index in [1.54, 1.807) is 13.4 Å². The molecule has 21 heavy (non-hydrogen) atoms. The van der Waals surface area contributed by atoms with E-state index in [1.807, 2.05) is 19.1 Å². The zero-order chi connectivity index (χ0) is 15.2. The predicted octanol–water partition coefficient (Wildman–Crippen LogP) is 3.38. The molecule has 1 N–H and O–H groups in total. The Kier molecular flexibility index (Phi) is 4.98. The Balaban J connectivity index is 2.52. The largest absolute Gasteiger partial charge is 0.490 e. The van der Waals surface area contributed by atoms with E-state index in [4.69, 9.17) is 4.74 Å². The van der Waals surface area contributed by atoms with Crippen LogP contribution in [0.5, 0.6) is 5.75 Å². The Morgan fingerprint density at radius 2 is 1.95 bits per heavy atom. The van der Waals surface area contributed by atoms with Crippen LogP contribution in [0.2, 0.25) is 0 Å². The molecule has 0 radical (unpaired) electrons. The number of para-hydroxylation sites is 1. The average Bonchev–Trinajstić information content (AvgIpc) is 2.50. The summed E-state index contributed by atoms with van der Waals surface area (Å²) in [5.74, 6) is 2.17. The number of hydrogen-bond acceptors (Lipinski definition) is 5. The minimum Gasteiger partial charge on any atom is -0.490 e. The van der Waals surface area contributed by atoms with E-state index in [-0.39, 0.29) is 0 Å². The molecule has 0 bridgehead atoms. The van der Waals surface area contributed by atoms with Gasteiger partial charge in [-0.25, -0.2) is 9.97 Å². The van der Waals surface area contributed by atoms with Crippen LogP contribution in [0.3, 0.4) is 0 Å². The summed E-state index contributed by atoms with van der Waals surface area (Å²) < 4.78 is 5.54. The third-order valence-electron chi connectivity index (χ3n) is 3.31. The number of nitrogens with zero attached hydrogens (tertiary/aromatic N) is 3.